The number of carboxylic acid groups (broad SMARTS) is 2. The van der Waals surface area contributed by atoms with E-state index in [1.807, 2.05) is 0 Å². The third kappa shape index (κ3) is 1.65. The summed E-state index contributed by atoms with van der Waals surface area (Å²) in [5.74, 6) is -0.985. The molecule has 0 spiro atoms. The van der Waals surface area contributed by atoms with Gasteiger partial charge in [0, 0.05) is 18.2 Å². The van der Waals surface area contributed by atoms with Crippen LogP contribution in [0.2, 0.25) is 0 Å². The van der Waals surface area contributed by atoms with Crippen molar-refractivity contribution in [3.05, 3.63) is 23.5 Å². The van der Waals surface area contributed by atoms with Crippen LogP contribution in [0.4, 0.5) is 4.79 Å². The Kier molecular flexibility index (Phi) is 2.38. The molecule has 2 aliphatic rings. The number of aliphatic carboxylic acids is 1. The molecule has 2 atom stereocenters. The summed E-state index contributed by atoms with van der Waals surface area (Å²) < 4.78 is 0. The topological polar surface area (TPSA) is 89.9 Å². The number of nitrogens with one attached hydrogen (secondary N) is 1. The summed E-state index contributed by atoms with van der Waals surface area (Å²) in [6.07, 6.45) is 2.53. The van der Waals surface area contributed by atoms with Crippen LogP contribution in [0, 0.1) is 0 Å². The monoisotopic (exact) mass is 238 g/mol. The molecule has 3 N–H and O–H groups in total. The van der Waals surface area contributed by atoms with Crippen LogP contribution in [-0.2, 0) is 4.79 Å². The van der Waals surface area contributed by atoms with Crippen LogP contribution >= 0.6 is 0 Å². The highest BCUT2D eigenvalue weighted by Crippen LogP contribution is 2.33. The third-order valence-electron chi connectivity index (χ3n) is 3.14. The zero-order chi connectivity index (χ0) is 12.8. The average molecular weight is 238 g/mol. The number of allylic oxidation sites excluding steroid dienone is 1. The van der Waals surface area contributed by atoms with Crippen molar-refractivity contribution in [2.24, 2.45) is 0 Å². The summed E-state index contributed by atoms with van der Waals surface area (Å²) in [6.45, 7) is 3.34. The van der Waals surface area contributed by atoms with Crippen molar-refractivity contribution in [3.8, 4) is 0 Å². The molecule has 0 fully saturated rings. The van der Waals surface area contributed by atoms with E-state index >= 15 is 0 Å². The summed E-state index contributed by atoms with van der Waals surface area (Å²) in [5, 5.41) is 21.1. The van der Waals surface area contributed by atoms with Gasteiger partial charge in [0.2, 0.25) is 0 Å². The average Bonchev–Trinajstić information content (AvgIpc) is 2.52. The van der Waals surface area contributed by atoms with E-state index in [0.717, 1.165) is 0 Å². The minimum Gasteiger partial charge on any atom is -0.479 e. The lowest BCUT2D eigenvalue weighted by molar-refractivity contribution is -0.141. The van der Waals surface area contributed by atoms with Gasteiger partial charge < -0.3 is 15.5 Å². The van der Waals surface area contributed by atoms with Gasteiger partial charge in [-0.3, -0.25) is 4.90 Å². The second-order valence-corrected chi connectivity index (χ2v) is 4.54. The van der Waals surface area contributed by atoms with Crippen molar-refractivity contribution in [1.82, 2.24) is 10.2 Å². The molecule has 0 aromatic rings. The molecule has 2 heterocycles. The zero-order valence-corrected chi connectivity index (χ0v) is 9.60. The van der Waals surface area contributed by atoms with Crippen LogP contribution in [0.5, 0.6) is 0 Å². The van der Waals surface area contributed by atoms with Crippen LogP contribution in [0.1, 0.15) is 20.3 Å². The SMILES string of the molecule is CC1CC2=C(C=CC(C)(C(=O)O)N2)N1C(=O)O. The minimum atomic E-state index is -1.16. The van der Waals surface area contributed by atoms with Gasteiger partial charge in [-0.05, 0) is 26.0 Å². The fourth-order valence-electron chi connectivity index (χ4n) is 2.19. The normalized spacial score (nSPS) is 31.2. The molecule has 2 rings (SSSR count). The molecule has 0 aromatic carbocycles. The van der Waals surface area contributed by atoms with Gasteiger partial charge in [-0.25, -0.2) is 9.59 Å². The summed E-state index contributed by atoms with van der Waals surface area (Å²) in [6, 6.07) is -0.175. The molecule has 6 heteroatoms. The second-order valence-electron chi connectivity index (χ2n) is 4.54. The number of amides is 1. The molecule has 0 radical (unpaired) electrons. The van der Waals surface area contributed by atoms with Gasteiger partial charge >= 0.3 is 12.1 Å². The first-order chi connectivity index (χ1) is 7.85. The summed E-state index contributed by atoms with van der Waals surface area (Å²) in [5.41, 5.74) is 0.0589. The first-order valence-corrected chi connectivity index (χ1v) is 5.31. The van der Waals surface area contributed by atoms with E-state index in [-0.39, 0.29) is 6.04 Å². The lowest BCUT2D eigenvalue weighted by Crippen LogP contribution is -2.48. The van der Waals surface area contributed by atoms with E-state index in [9.17, 15) is 9.59 Å². The van der Waals surface area contributed by atoms with Gasteiger partial charge in [-0.1, -0.05) is 0 Å². The number of hydrogen-bond donors (Lipinski definition) is 3. The molecule has 0 bridgehead atoms. The largest absolute Gasteiger partial charge is 0.479 e. The van der Waals surface area contributed by atoms with E-state index in [2.05, 4.69) is 5.32 Å². The van der Waals surface area contributed by atoms with E-state index in [1.165, 1.54) is 11.0 Å². The zero-order valence-electron chi connectivity index (χ0n) is 9.60. The Morgan fingerprint density at radius 2 is 2.18 bits per heavy atom. The Balaban J connectivity index is 2.33. The smallest absolute Gasteiger partial charge is 0.412 e. The van der Waals surface area contributed by atoms with Gasteiger partial charge in [0.15, 0.2) is 5.54 Å². The molecule has 2 unspecified atom stereocenters. The van der Waals surface area contributed by atoms with Crippen molar-refractivity contribution in [2.45, 2.75) is 31.8 Å². The Hall–Kier alpha value is -1.98. The van der Waals surface area contributed by atoms with E-state index in [0.29, 0.717) is 17.8 Å². The molecule has 92 valence electrons. The second kappa shape index (κ2) is 3.51. The van der Waals surface area contributed by atoms with Crippen LogP contribution in [-0.4, -0.2) is 38.8 Å². The van der Waals surface area contributed by atoms with Gasteiger partial charge in [0.05, 0.1) is 5.70 Å². The number of nitrogens with zero attached hydrogens (tertiary/aromatic N) is 1. The Morgan fingerprint density at radius 1 is 1.53 bits per heavy atom. The fraction of sp³-hybridized carbons (Fsp3) is 0.455. The molecule has 0 saturated heterocycles. The van der Waals surface area contributed by atoms with Crippen molar-refractivity contribution in [3.63, 3.8) is 0 Å². The maximum Gasteiger partial charge on any atom is 0.412 e. The highest BCUT2D eigenvalue weighted by atomic mass is 16.4. The molecule has 0 saturated carbocycles. The first kappa shape index (κ1) is 11.5. The molecule has 0 aliphatic carbocycles. The van der Waals surface area contributed by atoms with Crippen molar-refractivity contribution >= 4 is 12.1 Å². The molecule has 0 aromatic heterocycles. The highest BCUT2D eigenvalue weighted by Gasteiger charge is 2.40. The molecular weight excluding hydrogens is 224 g/mol. The van der Waals surface area contributed by atoms with Crippen LogP contribution in [0.3, 0.4) is 0 Å². The molecular formula is C11H14N2O4. The lowest BCUT2D eigenvalue weighted by Gasteiger charge is -2.29. The molecule has 2 aliphatic heterocycles. The predicted molar refractivity (Wildman–Crippen MR) is 59.3 cm³/mol. The minimum absolute atomic E-state index is 0.175. The summed E-state index contributed by atoms with van der Waals surface area (Å²) in [4.78, 5) is 23.4. The Bertz CT molecular complexity index is 454. The summed E-state index contributed by atoms with van der Waals surface area (Å²) in [7, 11) is 0. The molecule has 17 heavy (non-hydrogen) atoms. The Labute approximate surface area is 98.2 Å². The quantitative estimate of drug-likeness (QED) is 0.633. The number of carboxylic acids is 1. The standard InChI is InChI=1S/C11H14N2O4/c1-6-5-7-8(13(6)10(16)17)3-4-11(2,12-7)9(14)15/h3-4,6,12H,5H2,1-2H3,(H,14,15)(H,16,17). The van der Waals surface area contributed by atoms with Crippen LogP contribution in [0.15, 0.2) is 23.5 Å². The maximum atomic E-state index is 11.1. The lowest BCUT2D eigenvalue weighted by atomic mass is 9.97. The summed E-state index contributed by atoms with van der Waals surface area (Å²) >= 11 is 0. The predicted octanol–water partition coefficient (Wildman–Crippen LogP) is 0.973. The third-order valence-corrected chi connectivity index (χ3v) is 3.14. The number of hydrogen-bond acceptors (Lipinski definition) is 3. The van der Waals surface area contributed by atoms with Gasteiger partial charge in [-0.15, -0.1) is 0 Å². The van der Waals surface area contributed by atoms with E-state index in [4.69, 9.17) is 10.2 Å². The molecule has 1 amide bonds. The van der Waals surface area contributed by atoms with E-state index < -0.39 is 17.6 Å². The van der Waals surface area contributed by atoms with E-state index in [1.54, 1.807) is 19.9 Å². The molecule has 6 nitrogen and oxygen atoms in total. The first-order valence-electron chi connectivity index (χ1n) is 5.31. The highest BCUT2D eigenvalue weighted by molar-refractivity contribution is 5.82. The fourth-order valence-corrected chi connectivity index (χ4v) is 2.19. The number of carbonyl (C=O) groups is 2. The number of rotatable bonds is 1. The van der Waals surface area contributed by atoms with Crippen molar-refractivity contribution in [2.75, 3.05) is 0 Å². The van der Waals surface area contributed by atoms with Crippen molar-refractivity contribution < 1.29 is 19.8 Å². The van der Waals surface area contributed by atoms with Crippen LogP contribution in [0.25, 0.3) is 0 Å². The van der Waals surface area contributed by atoms with Gasteiger partial charge in [-0.2, -0.15) is 0 Å². The number of dihydropyridines is 1. The maximum absolute atomic E-state index is 11.1. The van der Waals surface area contributed by atoms with Gasteiger partial charge in [0.1, 0.15) is 0 Å². The van der Waals surface area contributed by atoms with Crippen molar-refractivity contribution in [1.29, 1.82) is 0 Å². The Morgan fingerprint density at radius 3 is 2.71 bits per heavy atom. The van der Waals surface area contributed by atoms with Gasteiger partial charge in [0.25, 0.3) is 0 Å². The van der Waals surface area contributed by atoms with Crippen LogP contribution < -0.4 is 5.32 Å².